The second-order valence-electron chi connectivity index (χ2n) is 8.66. The molecule has 0 radical (unpaired) electrons. The summed E-state index contributed by atoms with van der Waals surface area (Å²) in [6, 6.07) is 22.6. The molecule has 186 valence electrons. The molecule has 0 saturated carbocycles. The normalized spacial score (nSPS) is 13.0. The maximum Gasteiger partial charge on any atom is 0.274 e. The maximum absolute atomic E-state index is 9.34. The molecule has 0 aliphatic rings. The van der Waals surface area contributed by atoms with E-state index in [9.17, 15) is 5.26 Å². The molecule has 0 saturated heterocycles. The molecule has 0 fully saturated rings. The largest absolute Gasteiger partial charge is 0.311 e. The van der Waals surface area contributed by atoms with Crippen LogP contribution in [0.4, 0.5) is 0 Å². The fraction of sp³-hybridized carbons (Fsp3) is 0.115. The van der Waals surface area contributed by atoms with Crippen molar-refractivity contribution < 1.29 is 0 Å². The molecule has 6 rings (SSSR count). The SMILES string of the molecule is CSc1nnc(C(N)(c2ccc(C#N)cc2)c2ccc3c(c2)c(-c2cccc(Cl)c2)nc2nnnn23)n1C. The Morgan fingerprint density at radius 2 is 1.79 bits per heavy atom. The highest BCUT2D eigenvalue weighted by molar-refractivity contribution is 7.98. The molecule has 0 bridgehead atoms. The van der Waals surface area contributed by atoms with Crippen molar-refractivity contribution in [3.05, 3.63) is 94.3 Å². The third-order valence-electron chi connectivity index (χ3n) is 6.54. The average molecular weight is 539 g/mol. The van der Waals surface area contributed by atoms with Crippen molar-refractivity contribution in [3.8, 4) is 17.3 Å². The van der Waals surface area contributed by atoms with E-state index in [2.05, 4.69) is 31.8 Å². The lowest BCUT2D eigenvalue weighted by Gasteiger charge is -2.30. The van der Waals surface area contributed by atoms with Crippen molar-refractivity contribution in [3.63, 3.8) is 0 Å². The Balaban J connectivity index is 1.67. The number of hydrogen-bond donors (Lipinski definition) is 1. The molecule has 3 aromatic carbocycles. The minimum absolute atomic E-state index is 0.365. The van der Waals surface area contributed by atoms with Crippen molar-refractivity contribution in [1.29, 1.82) is 5.26 Å². The first-order valence-electron chi connectivity index (χ1n) is 11.5. The van der Waals surface area contributed by atoms with Gasteiger partial charge in [0.1, 0.15) is 5.54 Å². The molecular formula is C26H19ClN10S. The molecule has 0 aliphatic heterocycles. The summed E-state index contributed by atoms with van der Waals surface area (Å²) >= 11 is 7.81. The molecule has 0 aliphatic carbocycles. The topological polar surface area (TPSA) is 136 Å². The van der Waals surface area contributed by atoms with Crippen molar-refractivity contribution in [1.82, 2.24) is 39.8 Å². The van der Waals surface area contributed by atoms with Gasteiger partial charge in [0.15, 0.2) is 11.0 Å². The Morgan fingerprint density at radius 3 is 2.50 bits per heavy atom. The van der Waals surface area contributed by atoms with Crippen molar-refractivity contribution >= 4 is 40.0 Å². The number of tetrazole rings is 1. The summed E-state index contributed by atoms with van der Waals surface area (Å²) < 4.78 is 3.47. The van der Waals surface area contributed by atoms with Crippen LogP contribution in [0, 0.1) is 11.3 Å². The number of rotatable bonds is 5. The highest BCUT2D eigenvalue weighted by atomic mass is 35.5. The van der Waals surface area contributed by atoms with E-state index >= 15 is 0 Å². The Bertz CT molecular complexity index is 1870. The highest BCUT2D eigenvalue weighted by Gasteiger charge is 2.38. The second-order valence-corrected chi connectivity index (χ2v) is 9.87. The molecule has 10 nitrogen and oxygen atoms in total. The van der Waals surface area contributed by atoms with Crippen LogP contribution in [0.5, 0.6) is 0 Å². The number of fused-ring (bicyclic) bond motifs is 3. The lowest BCUT2D eigenvalue weighted by molar-refractivity contribution is 0.562. The Morgan fingerprint density at radius 1 is 1.00 bits per heavy atom. The molecule has 3 heterocycles. The summed E-state index contributed by atoms with van der Waals surface area (Å²) in [6.07, 6.45) is 1.93. The van der Waals surface area contributed by atoms with Gasteiger partial charge in [-0.3, -0.25) is 0 Å². The number of nitrogens with two attached hydrogens (primary N) is 1. The van der Waals surface area contributed by atoms with Crippen LogP contribution in [0.2, 0.25) is 5.02 Å². The van der Waals surface area contributed by atoms with Gasteiger partial charge < -0.3 is 10.3 Å². The molecule has 6 aromatic rings. The van der Waals surface area contributed by atoms with Gasteiger partial charge in [-0.15, -0.1) is 10.2 Å². The second kappa shape index (κ2) is 9.18. The maximum atomic E-state index is 9.34. The van der Waals surface area contributed by atoms with Gasteiger partial charge in [0, 0.05) is 23.0 Å². The van der Waals surface area contributed by atoms with E-state index in [4.69, 9.17) is 22.3 Å². The van der Waals surface area contributed by atoms with Crippen LogP contribution in [0.25, 0.3) is 27.9 Å². The fourth-order valence-corrected chi connectivity index (χ4v) is 5.32. The zero-order chi connectivity index (χ0) is 26.4. The van der Waals surface area contributed by atoms with E-state index in [1.54, 1.807) is 16.6 Å². The molecule has 1 unspecified atom stereocenters. The third kappa shape index (κ3) is 3.69. The predicted octanol–water partition coefficient (Wildman–Crippen LogP) is 3.97. The summed E-state index contributed by atoms with van der Waals surface area (Å²) in [7, 11) is 1.89. The van der Waals surface area contributed by atoms with E-state index in [-0.39, 0.29) is 0 Å². The highest BCUT2D eigenvalue weighted by Crippen LogP contribution is 2.38. The molecule has 3 aromatic heterocycles. The quantitative estimate of drug-likeness (QED) is 0.323. The van der Waals surface area contributed by atoms with Gasteiger partial charge in [0.05, 0.1) is 22.8 Å². The van der Waals surface area contributed by atoms with Crippen LogP contribution in [-0.4, -0.2) is 46.0 Å². The fourth-order valence-electron chi connectivity index (χ4n) is 4.65. The summed E-state index contributed by atoms with van der Waals surface area (Å²) in [5.41, 5.74) is 10.4. The van der Waals surface area contributed by atoms with Gasteiger partial charge in [-0.25, -0.2) is 4.98 Å². The lowest BCUT2D eigenvalue weighted by Crippen LogP contribution is -2.41. The minimum Gasteiger partial charge on any atom is -0.311 e. The Hall–Kier alpha value is -4.37. The minimum atomic E-state index is -1.21. The van der Waals surface area contributed by atoms with Gasteiger partial charge in [-0.2, -0.15) is 9.78 Å². The van der Waals surface area contributed by atoms with Crippen molar-refractivity contribution in [2.75, 3.05) is 6.26 Å². The van der Waals surface area contributed by atoms with Crippen LogP contribution >= 0.6 is 23.4 Å². The van der Waals surface area contributed by atoms with Crippen LogP contribution in [-0.2, 0) is 12.6 Å². The summed E-state index contributed by atoms with van der Waals surface area (Å²) in [6.45, 7) is 0. The van der Waals surface area contributed by atoms with E-state index in [0.29, 0.717) is 27.9 Å². The lowest BCUT2D eigenvalue weighted by atomic mass is 9.81. The number of aromatic nitrogens is 8. The Kier molecular flexibility index (Phi) is 5.80. The molecular weight excluding hydrogens is 520 g/mol. The zero-order valence-corrected chi connectivity index (χ0v) is 21.8. The van der Waals surface area contributed by atoms with Gasteiger partial charge in [-0.1, -0.05) is 58.8 Å². The van der Waals surface area contributed by atoms with E-state index in [1.807, 2.05) is 72.5 Å². The third-order valence-corrected chi connectivity index (χ3v) is 7.49. The molecule has 1 atom stereocenters. The van der Waals surface area contributed by atoms with Crippen molar-refractivity contribution in [2.24, 2.45) is 12.8 Å². The molecule has 0 spiro atoms. The van der Waals surface area contributed by atoms with Gasteiger partial charge >= 0.3 is 0 Å². The number of nitriles is 1. The summed E-state index contributed by atoms with van der Waals surface area (Å²) in [5, 5.41) is 32.3. The smallest absolute Gasteiger partial charge is 0.274 e. The first kappa shape index (κ1) is 24.0. The summed E-state index contributed by atoms with van der Waals surface area (Å²) in [4.78, 5) is 4.76. The van der Waals surface area contributed by atoms with Crippen LogP contribution in [0.3, 0.4) is 0 Å². The number of benzene rings is 3. The monoisotopic (exact) mass is 538 g/mol. The first-order valence-corrected chi connectivity index (χ1v) is 13.1. The van der Waals surface area contributed by atoms with Crippen LogP contribution in [0.15, 0.2) is 71.9 Å². The molecule has 38 heavy (non-hydrogen) atoms. The average Bonchev–Trinajstić information content (AvgIpc) is 3.58. The van der Waals surface area contributed by atoms with E-state index in [1.165, 1.54) is 11.8 Å². The first-order chi connectivity index (χ1) is 18.4. The van der Waals surface area contributed by atoms with Gasteiger partial charge in [0.2, 0.25) is 0 Å². The molecule has 0 amide bonds. The van der Waals surface area contributed by atoms with Crippen LogP contribution in [0.1, 0.15) is 22.5 Å². The van der Waals surface area contributed by atoms with Gasteiger partial charge in [0.25, 0.3) is 5.78 Å². The van der Waals surface area contributed by atoms with E-state index < -0.39 is 5.54 Å². The van der Waals surface area contributed by atoms with Gasteiger partial charge in [-0.05, 0) is 64.2 Å². The number of hydrogen-bond acceptors (Lipinski definition) is 9. The van der Waals surface area contributed by atoms with Crippen LogP contribution < -0.4 is 5.73 Å². The van der Waals surface area contributed by atoms with E-state index in [0.717, 1.165) is 32.7 Å². The molecule has 2 N–H and O–H groups in total. The zero-order valence-electron chi connectivity index (χ0n) is 20.2. The van der Waals surface area contributed by atoms with Crippen molar-refractivity contribution in [2.45, 2.75) is 10.7 Å². The number of thioether (sulfide) groups is 1. The number of halogens is 1. The number of nitrogens with zero attached hydrogens (tertiary/aromatic N) is 9. The Labute approximate surface area is 226 Å². The predicted molar refractivity (Wildman–Crippen MR) is 145 cm³/mol. The summed E-state index contributed by atoms with van der Waals surface area (Å²) in [5.74, 6) is 0.913. The molecule has 12 heteroatoms. The standard InChI is InChI=1S/C26H19ClN10S/c1-36-23(31-33-25(36)38-2)26(29,17-8-6-15(14-28)7-9-17)18-10-11-21-20(13-18)22(16-4-3-5-19(27)12-16)30-24-32-34-35-37(21)24/h3-13H,29H2,1-2H3.